The fraction of sp³-hybridized carbons (Fsp3) is 0.444. The van der Waals surface area contributed by atoms with Crippen LogP contribution in [0.5, 0.6) is 11.5 Å². The van der Waals surface area contributed by atoms with E-state index in [4.69, 9.17) is 9.47 Å². The first kappa shape index (κ1) is 31.7. The minimum atomic E-state index is -2.60. The van der Waals surface area contributed by atoms with Crippen molar-refractivity contribution in [2.75, 3.05) is 53.0 Å². The minimum absolute atomic E-state index is 0.0152. The lowest BCUT2D eigenvalue weighted by atomic mass is 9.87. The molecule has 47 heavy (non-hydrogen) atoms. The Labute approximate surface area is 273 Å². The fourth-order valence-electron chi connectivity index (χ4n) is 6.91. The molecule has 3 aliphatic rings. The summed E-state index contributed by atoms with van der Waals surface area (Å²) in [6.45, 7) is 7.58. The number of pyridine rings is 1. The third-order valence-corrected chi connectivity index (χ3v) is 9.90. The number of H-pyrrole nitrogens is 1. The van der Waals surface area contributed by atoms with E-state index in [1.54, 1.807) is 18.3 Å². The topological polar surface area (TPSA) is 94.2 Å². The Balaban J connectivity index is 1.07. The van der Waals surface area contributed by atoms with Gasteiger partial charge in [0.1, 0.15) is 17.1 Å². The molecule has 4 aromatic rings. The first-order chi connectivity index (χ1) is 22.7. The number of fused-ring (bicyclic) bond motifs is 2. The van der Waals surface area contributed by atoms with Crippen molar-refractivity contribution >= 4 is 16.9 Å². The van der Waals surface area contributed by atoms with E-state index in [9.17, 15) is 18.7 Å². The Morgan fingerprint density at radius 2 is 1.94 bits per heavy atom. The second kappa shape index (κ2) is 13.0. The maximum Gasteiger partial charge on any atom is 0.264 e. The first-order valence-corrected chi connectivity index (χ1v) is 16.4. The number of likely N-dealkylation sites (N-methyl/N-ethyl adjacent to an activating group) is 1. The van der Waals surface area contributed by atoms with E-state index in [1.165, 1.54) is 11.6 Å². The Morgan fingerprint density at radius 1 is 1.13 bits per heavy atom. The second-order valence-electron chi connectivity index (χ2n) is 13.2. The monoisotopic (exact) mass is 645 g/mol. The summed E-state index contributed by atoms with van der Waals surface area (Å²) in [4.78, 5) is 27.5. The van der Waals surface area contributed by atoms with Gasteiger partial charge in [-0.05, 0) is 66.1 Å². The molecule has 11 heteroatoms. The molecule has 248 valence electrons. The van der Waals surface area contributed by atoms with Crippen molar-refractivity contribution in [1.82, 2.24) is 24.7 Å². The van der Waals surface area contributed by atoms with Crippen LogP contribution in [-0.4, -0.2) is 88.7 Å². The molecule has 2 fully saturated rings. The van der Waals surface area contributed by atoms with Crippen LogP contribution in [0.4, 0.5) is 8.78 Å². The molecule has 2 aromatic carbocycles. The van der Waals surface area contributed by atoms with Gasteiger partial charge < -0.3 is 29.4 Å². The van der Waals surface area contributed by atoms with E-state index in [0.29, 0.717) is 53.6 Å². The molecule has 2 saturated heterocycles. The van der Waals surface area contributed by atoms with Gasteiger partial charge >= 0.3 is 0 Å². The van der Waals surface area contributed by atoms with Crippen LogP contribution in [0.25, 0.3) is 11.0 Å². The van der Waals surface area contributed by atoms with E-state index in [2.05, 4.69) is 39.8 Å². The number of aromatic amines is 1. The molecule has 0 bridgehead atoms. The van der Waals surface area contributed by atoms with Gasteiger partial charge in [0.05, 0.1) is 30.7 Å². The van der Waals surface area contributed by atoms with Crippen LogP contribution >= 0.6 is 0 Å². The molecule has 0 radical (unpaired) electrons. The Morgan fingerprint density at radius 3 is 2.66 bits per heavy atom. The number of piperazine rings is 1. The highest BCUT2D eigenvalue weighted by atomic mass is 19.3. The third kappa shape index (κ3) is 6.49. The van der Waals surface area contributed by atoms with Gasteiger partial charge in [0, 0.05) is 63.5 Å². The number of aromatic nitrogens is 2. The predicted octanol–water partition coefficient (Wildman–Crippen LogP) is 5.34. The number of carbonyl (C=O) groups is 1. The molecule has 1 amide bonds. The molecule has 0 spiro atoms. The van der Waals surface area contributed by atoms with Gasteiger partial charge in [-0.1, -0.05) is 25.1 Å². The Hall–Kier alpha value is -3.90. The number of rotatable bonds is 9. The summed E-state index contributed by atoms with van der Waals surface area (Å²) in [6.07, 6.45) is -0.0202. The smallest absolute Gasteiger partial charge is 0.264 e. The zero-order valence-corrected chi connectivity index (χ0v) is 26.8. The molecule has 2 aromatic heterocycles. The van der Waals surface area contributed by atoms with Crippen molar-refractivity contribution in [3.8, 4) is 11.5 Å². The summed E-state index contributed by atoms with van der Waals surface area (Å²) >= 11 is 0. The van der Waals surface area contributed by atoms with Crippen molar-refractivity contribution < 1.29 is 28.2 Å². The molecule has 5 heterocycles. The normalized spacial score (nSPS) is 20.0. The van der Waals surface area contributed by atoms with E-state index < -0.39 is 12.0 Å². The van der Waals surface area contributed by atoms with E-state index in [0.717, 1.165) is 43.5 Å². The van der Waals surface area contributed by atoms with Crippen molar-refractivity contribution in [1.29, 1.82) is 0 Å². The van der Waals surface area contributed by atoms with Crippen LogP contribution < -0.4 is 4.74 Å². The number of ether oxygens (including phenoxy) is 2. The molecule has 1 atom stereocenters. The lowest BCUT2D eigenvalue weighted by Gasteiger charge is -2.35. The maximum atomic E-state index is 14.2. The van der Waals surface area contributed by atoms with E-state index in [1.807, 2.05) is 29.2 Å². The number of halogens is 2. The molecule has 0 saturated carbocycles. The molecular formula is C36H41F2N5O4. The summed E-state index contributed by atoms with van der Waals surface area (Å²) in [6, 6.07) is 14.8. The summed E-state index contributed by atoms with van der Waals surface area (Å²) < 4.78 is 39.9. The minimum Gasteiger partial charge on any atom is -0.457 e. The number of nitrogens with one attached hydrogen (secondary N) is 1. The summed E-state index contributed by atoms with van der Waals surface area (Å²) in [5.74, 6) is 1.31. The zero-order valence-electron chi connectivity index (χ0n) is 26.8. The number of alkyl halides is 2. The number of hydrogen-bond acceptors (Lipinski definition) is 7. The molecule has 2 N–H and O–H groups in total. The van der Waals surface area contributed by atoms with Gasteiger partial charge in [0.25, 0.3) is 6.43 Å². The standard InChI is InChI=1S/C36H41F2N5O4/c1-3-24-19-43(33(44)15-23-4-5-25(29(14-23)34(37)38)18-42-12-10-41(2)11-13-42)20-26-16-27(6-7-28(24)26)47-31-8-9-39-35-30(31)17-32(40-35)36(45)21-46-22-36/h4-9,14,16-17,24,34,45H,3,10-13,15,18-22H2,1-2H3,(H,39,40)/t24-/m1/s1. The van der Waals surface area contributed by atoms with Crippen LogP contribution in [0.2, 0.25) is 0 Å². The summed E-state index contributed by atoms with van der Waals surface area (Å²) in [5, 5.41) is 11.5. The van der Waals surface area contributed by atoms with Crippen LogP contribution in [0, 0.1) is 0 Å². The summed E-state index contributed by atoms with van der Waals surface area (Å²) in [7, 11) is 2.07. The molecule has 9 nitrogen and oxygen atoms in total. The van der Waals surface area contributed by atoms with Crippen molar-refractivity contribution in [3.63, 3.8) is 0 Å². The van der Waals surface area contributed by atoms with E-state index >= 15 is 0 Å². The van der Waals surface area contributed by atoms with Gasteiger partial charge in [-0.3, -0.25) is 9.69 Å². The highest BCUT2D eigenvalue weighted by Gasteiger charge is 2.40. The lowest BCUT2D eigenvalue weighted by Crippen LogP contribution is -2.46. The fourth-order valence-corrected chi connectivity index (χ4v) is 6.91. The Bertz CT molecular complexity index is 1770. The molecule has 7 rings (SSSR count). The first-order valence-electron chi connectivity index (χ1n) is 16.4. The van der Waals surface area contributed by atoms with Gasteiger partial charge in [0.2, 0.25) is 5.91 Å². The molecule has 0 aliphatic carbocycles. The lowest BCUT2D eigenvalue weighted by molar-refractivity contribution is -0.186. The number of nitrogens with zero attached hydrogens (tertiary/aromatic N) is 4. The number of amides is 1. The van der Waals surface area contributed by atoms with Gasteiger partial charge in [-0.25, -0.2) is 13.8 Å². The summed E-state index contributed by atoms with van der Waals surface area (Å²) in [5.41, 5.74) is 3.64. The SMILES string of the molecule is CC[C@@H]1CN(C(=O)Cc2ccc(CN3CCN(C)CC3)c(C(F)F)c2)Cc2cc(Oc3ccnc4[nH]c(C5(O)COC5)cc34)ccc21. The average Bonchev–Trinajstić information content (AvgIpc) is 3.50. The average molecular weight is 646 g/mol. The second-order valence-corrected chi connectivity index (χ2v) is 13.2. The van der Waals surface area contributed by atoms with Gasteiger partial charge in [-0.15, -0.1) is 0 Å². The predicted molar refractivity (Wildman–Crippen MR) is 174 cm³/mol. The number of carbonyl (C=O) groups excluding carboxylic acids is 1. The largest absolute Gasteiger partial charge is 0.457 e. The number of benzene rings is 2. The highest BCUT2D eigenvalue weighted by molar-refractivity contribution is 5.84. The van der Waals surface area contributed by atoms with E-state index in [-0.39, 0.29) is 37.0 Å². The number of aliphatic hydroxyl groups is 1. The molecular weight excluding hydrogens is 604 g/mol. The molecule has 0 unspecified atom stereocenters. The highest BCUT2D eigenvalue weighted by Crippen LogP contribution is 2.38. The quantitative estimate of drug-likeness (QED) is 0.254. The van der Waals surface area contributed by atoms with Crippen molar-refractivity contribution in [3.05, 3.63) is 88.2 Å². The zero-order chi connectivity index (χ0) is 32.7. The Kier molecular flexibility index (Phi) is 8.73. The maximum absolute atomic E-state index is 14.2. The molecule has 3 aliphatic heterocycles. The van der Waals surface area contributed by atoms with Crippen molar-refractivity contribution in [2.24, 2.45) is 0 Å². The van der Waals surface area contributed by atoms with Gasteiger partial charge in [0.15, 0.2) is 5.60 Å². The van der Waals surface area contributed by atoms with Crippen LogP contribution in [0.15, 0.2) is 54.7 Å². The third-order valence-electron chi connectivity index (χ3n) is 9.90. The number of hydrogen-bond donors (Lipinski definition) is 2. The van der Waals surface area contributed by atoms with Crippen LogP contribution in [0.3, 0.4) is 0 Å². The van der Waals surface area contributed by atoms with Crippen molar-refractivity contribution in [2.45, 2.75) is 50.8 Å². The van der Waals surface area contributed by atoms with Crippen LogP contribution in [0.1, 0.15) is 59.2 Å². The van der Waals surface area contributed by atoms with Crippen LogP contribution in [-0.2, 0) is 34.6 Å². The van der Waals surface area contributed by atoms with Gasteiger partial charge in [-0.2, -0.15) is 0 Å².